The fourth-order valence-corrected chi connectivity index (χ4v) is 6.81. The van der Waals surface area contributed by atoms with Crippen LogP contribution in [0.2, 0.25) is 0 Å². The first-order valence-corrected chi connectivity index (χ1v) is 13.9. The number of halogens is 1. The predicted molar refractivity (Wildman–Crippen MR) is 155 cm³/mol. The number of fused-ring (bicyclic) bond motifs is 4. The Morgan fingerprint density at radius 1 is 1.16 bits per heavy atom. The molecule has 190 valence electrons. The zero-order valence-electron chi connectivity index (χ0n) is 20.5. The van der Waals surface area contributed by atoms with Gasteiger partial charge in [-0.2, -0.15) is 5.10 Å². The summed E-state index contributed by atoms with van der Waals surface area (Å²) in [5.41, 5.74) is 5.16. The topological polar surface area (TPSA) is 96.6 Å². The van der Waals surface area contributed by atoms with Crippen LogP contribution in [0.4, 0.5) is 0 Å². The molecule has 0 saturated carbocycles. The number of hydrogen-bond donors (Lipinski definition) is 2. The second-order valence-electron chi connectivity index (χ2n) is 9.28. The van der Waals surface area contributed by atoms with Crippen molar-refractivity contribution in [3.8, 4) is 11.4 Å². The number of aromatic nitrogens is 2. The number of phenols is 1. The molecule has 1 aliphatic rings. The number of nitrogens with one attached hydrogen (secondary N) is 1. The number of aryl methyl sites for hydroxylation is 3. The van der Waals surface area contributed by atoms with E-state index >= 15 is 0 Å². The van der Waals surface area contributed by atoms with Crippen molar-refractivity contribution >= 4 is 60.4 Å². The first-order chi connectivity index (χ1) is 18.4. The van der Waals surface area contributed by atoms with Gasteiger partial charge in [0.1, 0.15) is 16.4 Å². The average molecular weight is 587 g/mol. The van der Waals surface area contributed by atoms with Gasteiger partial charge in [0.15, 0.2) is 0 Å². The van der Waals surface area contributed by atoms with E-state index < -0.39 is 5.91 Å². The van der Waals surface area contributed by atoms with Crippen LogP contribution in [0, 0.1) is 6.92 Å². The Morgan fingerprint density at radius 3 is 2.74 bits per heavy atom. The summed E-state index contributed by atoms with van der Waals surface area (Å²) in [6.45, 7) is 1.83. The summed E-state index contributed by atoms with van der Waals surface area (Å²) in [7, 11) is 0. The van der Waals surface area contributed by atoms with Crippen LogP contribution in [-0.4, -0.2) is 26.8 Å². The van der Waals surface area contributed by atoms with E-state index in [1.165, 1.54) is 11.1 Å². The Morgan fingerprint density at radius 2 is 1.92 bits per heavy atom. The van der Waals surface area contributed by atoms with Crippen molar-refractivity contribution in [1.82, 2.24) is 15.0 Å². The number of hydrogen-bond acceptors (Lipinski definition) is 6. The summed E-state index contributed by atoms with van der Waals surface area (Å²) < 4.78 is 2.16. The quantitative estimate of drug-likeness (QED) is 0.199. The highest BCUT2D eigenvalue weighted by Crippen LogP contribution is 2.35. The molecule has 2 aromatic heterocycles. The molecule has 2 heterocycles. The molecule has 7 nitrogen and oxygen atoms in total. The summed E-state index contributed by atoms with van der Waals surface area (Å²) >= 11 is 5.00. The van der Waals surface area contributed by atoms with E-state index in [4.69, 9.17) is 4.98 Å². The van der Waals surface area contributed by atoms with Crippen molar-refractivity contribution in [3.63, 3.8) is 0 Å². The van der Waals surface area contributed by atoms with E-state index in [0.717, 1.165) is 52.2 Å². The van der Waals surface area contributed by atoms with E-state index in [1.54, 1.807) is 40.2 Å². The molecule has 0 radical (unpaired) electrons. The largest absolute Gasteiger partial charge is 0.506 e. The van der Waals surface area contributed by atoms with Gasteiger partial charge >= 0.3 is 0 Å². The van der Waals surface area contributed by atoms with E-state index in [9.17, 15) is 14.7 Å². The number of carbonyl (C=O) groups excluding carboxylic acids is 1. The van der Waals surface area contributed by atoms with Gasteiger partial charge in [0, 0.05) is 16.0 Å². The van der Waals surface area contributed by atoms with Crippen LogP contribution in [0.25, 0.3) is 26.7 Å². The van der Waals surface area contributed by atoms with Crippen molar-refractivity contribution in [1.29, 1.82) is 0 Å². The number of phenolic OH excluding ortho intramolecular Hbond substituents is 1. The molecule has 0 spiro atoms. The standard InChI is InChI=1S/C29H23BrN4O3S/c1-16-32-28-25(21-8-4-5-9-24(21)38-28)29(37)34(16)19-12-10-17(11-13-19)27(36)33-31-15-22-20-7-3-2-6-18(20)14-23(30)26(22)35/h2-3,6-7,10-15,35H,4-5,8-9H2,1H3,(H,33,36)/b31-15-. The highest BCUT2D eigenvalue weighted by molar-refractivity contribution is 9.10. The summed E-state index contributed by atoms with van der Waals surface area (Å²) in [5.74, 6) is 0.254. The molecule has 1 amide bonds. The molecule has 3 aromatic carbocycles. The molecule has 38 heavy (non-hydrogen) atoms. The lowest BCUT2D eigenvalue weighted by Gasteiger charge is -2.12. The fourth-order valence-electron chi connectivity index (χ4n) is 5.05. The van der Waals surface area contributed by atoms with Gasteiger partial charge in [-0.05, 0) is 95.2 Å². The number of nitrogens with zero attached hydrogens (tertiary/aromatic N) is 3. The third-order valence-corrected chi connectivity index (χ3v) is 8.71. The van der Waals surface area contributed by atoms with E-state index in [1.807, 2.05) is 37.3 Å². The highest BCUT2D eigenvalue weighted by Gasteiger charge is 2.21. The fraction of sp³-hybridized carbons (Fsp3) is 0.172. The number of hydrazone groups is 1. The SMILES string of the molecule is Cc1nc2sc3c(c2c(=O)n1-c1ccc(C(=O)N/N=C\c2c(O)c(Br)cc4ccccc24)cc1)CCCC3. The van der Waals surface area contributed by atoms with E-state index in [0.29, 0.717) is 27.1 Å². The van der Waals surface area contributed by atoms with Crippen LogP contribution in [0.5, 0.6) is 5.75 Å². The molecule has 2 N–H and O–H groups in total. The minimum atomic E-state index is -0.406. The molecule has 6 rings (SSSR count). The molecule has 0 unspecified atom stereocenters. The lowest BCUT2D eigenvalue weighted by atomic mass is 9.97. The van der Waals surface area contributed by atoms with Crippen molar-refractivity contribution in [2.45, 2.75) is 32.6 Å². The van der Waals surface area contributed by atoms with Gasteiger partial charge in [-0.25, -0.2) is 10.4 Å². The normalized spacial score (nSPS) is 13.3. The maximum absolute atomic E-state index is 13.5. The number of carbonyl (C=O) groups is 1. The smallest absolute Gasteiger partial charge is 0.271 e. The van der Waals surface area contributed by atoms with Crippen LogP contribution >= 0.6 is 27.3 Å². The summed E-state index contributed by atoms with van der Waals surface area (Å²) in [4.78, 5) is 33.1. The maximum atomic E-state index is 13.5. The molecule has 0 saturated heterocycles. The highest BCUT2D eigenvalue weighted by atomic mass is 79.9. The summed E-state index contributed by atoms with van der Waals surface area (Å²) in [6, 6.07) is 16.2. The van der Waals surface area contributed by atoms with Crippen molar-refractivity contribution < 1.29 is 9.90 Å². The van der Waals surface area contributed by atoms with Gasteiger partial charge in [-0.15, -0.1) is 11.3 Å². The van der Waals surface area contributed by atoms with Crippen LogP contribution in [0.3, 0.4) is 0 Å². The summed E-state index contributed by atoms with van der Waals surface area (Å²) in [5, 5.41) is 17.1. The summed E-state index contributed by atoms with van der Waals surface area (Å²) in [6.07, 6.45) is 5.61. The van der Waals surface area contributed by atoms with Crippen LogP contribution in [-0.2, 0) is 12.8 Å². The predicted octanol–water partition coefficient (Wildman–Crippen LogP) is 6.02. The number of thiophene rings is 1. The second-order valence-corrected chi connectivity index (χ2v) is 11.2. The van der Waals surface area contributed by atoms with E-state index in [2.05, 4.69) is 26.5 Å². The molecular formula is C29H23BrN4O3S. The first kappa shape index (κ1) is 24.5. The van der Waals surface area contributed by atoms with E-state index in [-0.39, 0.29) is 11.3 Å². The second kappa shape index (κ2) is 9.81. The number of aromatic hydroxyl groups is 1. The zero-order valence-corrected chi connectivity index (χ0v) is 22.9. The number of amides is 1. The van der Waals surface area contributed by atoms with Gasteiger partial charge in [0.2, 0.25) is 0 Å². The lowest BCUT2D eigenvalue weighted by molar-refractivity contribution is 0.0955. The Bertz CT molecular complexity index is 1820. The molecule has 1 aliphatic carbocycles. The number of rotatable bonds is 4. The minimum Gasteiger partial charge on any atom is -0.506 e. The zero-order chi connectivity index (χ0) is 26.4. The van der Waals surface area contributed by atoms with Gasteiger partial charge in [-0.3, -0.25) is 14.2 Å². The lowest BCUT2D eigenvalue weighted by Crippen LogP contribution is -2.23. The van der Waals surface area contributed by atoms with Crippen LogP contribution in [0.1, 0.15) is 45.0 Å². The van der Waals surface area contributed by atoms with Gasteiger partial charge in [-0.1, -0.05) is 24.3 Å². The Balaban J connectivity index is 1.26. The van der Waals surface area contributed by atoms with Gasteiger partial charge in [0.05, 0.1) is 21.8 Å². The van der Waals surface area contributed by atoms with Crippen molar-refractivity contribution in [3.05, 3.63) is 96.8 Å². The van der Waals surface area contributed by atoms with Crippen LogP contribution in [0.15, 0.2) is 69.0 Å². The van der Waals surface area contributed by atoms with Crippen molar-refractivity contribution in [2.24, 2.45) is 5.10 Å². The third-order valence-electron chi connectivity index (χ3n) is 6.92. The molecule has 9 heteroatoms. The van der Waals surface area contributed by atoms with Crippen LogP contribution < -0.4 is 11.0 Å². The molecular weight excluding hydrogens is 564 g/mol. The molecule has 0 fully saturated rings. The van der Waals surface area contributed by atoms with Crippen molar-refractivity contribution in [2.75, 3.05) is 0 Å². The third kappa shape index (κ3) is 4.21. The Hall–Kier alpha value is -3.82. The molecule has 5 aromatic rings. The number of benzene rings is 3. The average Bonchev–Trinajstić information content (AvgIpc) is 3.29. The van der Waals surface area contributed by atoms with Gasteiger partial charge < -0.3 is 5.11 Å². The Labute approximate surface area is 230 Å². The molecule has 0 aliphatic heterocycles. The minimum absolute atomic E-state index is 0.0457. The first-order valence-electron chi connectivity index (χ1n) is 12.3. The van der Waals surface area contributed by atoms with Gasteiger partial charge in [0.25, 0.3) is 11.5 Å². The maximum Gasteiger partial charge on any atom is 0.271 e. The monoisotopic (exact) mass is 586 g/mol. The molecule has 0 atom stereocenters. The molecule has 0 bridgehead atoms. The Kier molecular flexibility index (Phi) is 6.33.